The Morgan fingerprint density at radius 1 is 0.649 bits per heavy atom. The Labute approximate surface area is 238 Å². The minimum atomic E-state index is -1.98. The third-order valence-electron chi connectivity index (χ3n) is 4.10. The van der Waals surface area contributed by atoms with Gasteiger partial charge in [-0.25, -0.2) is 0 Å². The molecule has 10 heteroatoms. The molecule has 0 bridgehead atoms. The van der Waals surface area contributed by atoms with E-state index in [1.54, 1.807) is 20.3 Å². The Morgan fingerprint density at radius 2 is 1.14 bits per heavy atom. The minimum Gasteiger partial charge on any atom is -0.439 e. The zero-order chi connectivity index (χ0) is 29.8. The Balaban J connectivity index is -0.000000217. The average Bonchev–Trinajstić information content (AvgIpc) is 2.73. The first-order chi connectivity index (χ1) is 17.1. The second-order valence-corrected chi connectivity index (χ2v) is 26.4. The molecule has 0 aliphatic heterocycles. The van der Waals surface area contributed by atoms with Crippen LogP contribution in [0.25, 0.3) is 0 Å². The Hall–Kier alpha value is 0.368. The molecule has 0 fully saturated rings. The Bertz CT molecular complexity index is 447. The fraction of sp³-hybridized carbons (Fsp3) is 0.926. The van der Waals surface area contributed by atoms with Crippen molar-refractivity contribution < 1.29 is 26.6 Å². The van der Waals surface area contributed by atoms with Crippen molar-refractivity contribution >= 4 is 34.5 Å². The predicted octanol–water partition coefficient (Wildman–Crippen LogP) is 8.50. The smallest absolute Gasteiger partial charge is 0.312 e. The summed E-state index contributed by atoms with van der Waals surface area (Å²) in [5, 5.41) is 0. The van der Waals surface area contributed by atoms with Crippen molar-refractivity contribution in [3.8, 4) is 0 Å². The van der Waals surface area contributed by atoms with Gasteiger partial charge in [-0.2, -0.15) is 0 Å². The van der Waals surface area contributed by atoms with E-state index >= 15 is 0 Å². The lowest BCUT2D eigenvalue weighted by atomic mass is 10.2. The van der Waals surface area contributed by atoms with Crippen molar-refractivity contribution in [2.24, 2.45) is 0 Å². The number of hydrogen-bond acceptors (Lipinski definition) is 6. The van der Waals surface area contributed by atoms with Gasteiger partial charge in [0.1, 0.15) is 0 Å². The number of unbranched alkanes of at least 4 members (excludes halogenated alkanes) is 5. The van der Waals surface area contributed by atoms with E-state index in [4.69, 9.17) is 26.6 Å². The van der Waals surface area contributed by atoms with Gasteiger partial charge in [-0.15, -0.1) is 6.58 Å². The van der Waals surface area contributed by atoms with E-state index in [1.165, 1.54) is 44.9 Å². The van der Waals surface area contributed by atoms with Crippen LogP contribution in [0.1, 0.15) is 65.7 Å². The van der Waals surface area contributed by atoms with Crippen LogP contribution in [0.4, 0.5) is 0 Å². The second-order valence-electron chi connectivity index (χ2n) is 11.3. The van der Waals surface area contributed by atoms with E-state index in [2.05, 4.69) is 86.3 Å². The Kier molecular flexibility index (Phi) is 35.2. The van der Waals surface area contributed by atoms with Crippen LogP contribution in [0.3, 0.4) is 0 Å². The minimum absolute atomic E-state index is 0.614. The van der Waals surface area contributed by atoms with E-state index in [0.29, 0.717) is 19.8 Å². The summed E-state index contributed by atoms with van der Waals surface area (Å²) in [7, 11) is -3.09. The fourth-order valence-electron chi connectivity index (χ4n) is 2.96. The standard InChI is InChI=1S/C9H28O3Si4.C7H16.C6H12O2.C5H12O/c1-13(10-14(2,3)4)11-16(8,9)12-15(5,6)7;1-3-5-7-6-4-2;1-3-4-8-6-5-7-2;1-3-4-5-6-2/h13H,1-9H3;3-7H2,1-2H3;3H,1,4-6H2,2H3;3-5H2,1-2H3. The van der Waals surface area contributed by atoms with Crippen molar-refractivity contribution in [3.05, 3.63) is 12.7 Å². The Morgan fingerprint density at radius 3 is 1.46 bits per heavy atom. The lowest BCUT2D eigenvalue weighted by Crippen LogP contribution is -2.49. The molecule has 0 aromatic carbocycles. The molecule has 0 saturated heterocycles. The normalized spacial score (nSPS) is 12.3. The maximum Gasteiger partial charge on any atom is 0.312 e. The second kappa shape index (κ2) is 29.4. The first kappa shape index (κ1) is 44.4. The largest absolute Gasteiger partial charge is 0.439 e. The highest BCUT2D eigenvalue weighted by molar-refractivity contribution is 6.84. The van der Waals surface area contributed by atoms with E-state index < -0.39 is 34.5 Å². The molecule has 0 aliphatic carbocycles. The summed E-state index contributed by atoms with van der Waals surface area (Å²) < 4.78 is 32.7. The van der Waals surface area contributed by atoms with Gasteiger partial charge in [0.15, 0.2) is 16.6 Å². The molecule has 6 nitrogen and oxygen atoms in total. The SMILES string of the molecule is C=CCOCCOC.CCCCCCC.CCCCOC.C[SiH](O[Si](C)(C)C)O[Si](C)(C)O[Si](C)(C)C. The van der Waals surface area contributed by atoms with Crippen LogP contribution in [0, 0.1) is 0 Å². The van der Waals surface area contributed by atoms with Crippen LogP contribution >= 0.6 is 0 Å². The quantitative estimate of drug-likeness (QED) is 0.0893. The maximum absolute atomic E-state index is 6.14. The zero-order valence-corrected chi connectivity index (χ0v) is 31.7. The lowest BCUT2D eigenvalue weighted by molar-refractivity contribution is 0.0854. The molecule has 0 saturated carbocycles. The van der Waals surface area contributed by atoms with Crippen LogP contribution in [0.2, 0.25) is 58.9 Å². The highest BCUT2D eigenvalue weighted by Gasteiger charge is 2.34. The molecule has 0 aromatic rings. The van der Waals surface area contributed by atoms with Crippen LogP contribution in [-0.4, -0.2) is 75.1 Å². The van der Waals surface area contributed by atoms with Crippen molar-refractivity contribution in [2.45, 2.75) is 125 Å². The summed E-state index contributed by atoms with van der Waals surface area (Å²) in [6.07, 6.45) is 11.1. The third-order valence-corrected chi connectivity index (χ3v) is 16.3. The molecular formula is C27H68O6Si4. The van der Waals surface area contributed by atoms with E-state index in [0.717, 1.165) is 6.61 Å². The number of ether oxygens (including phenoxy) is 3. The number of methoxy groups -OCH3 is 2. The summed E-state index contributed by atoms with van der Waals surface area (Å²) in [5.41, 5.74) is 0. The van der Waals surface area contributed by atoms with Gasteiger partial charge in [-0.1, -0.05) is 65.4 Å². The van der Waals surface area contributed by atoms with Gasteiger partial charge in [0, 0.05) is 20.8 Å². The molecular weight excluding hydrogens is 533 g/mol. The van der Waals surface area contributed by atoms with Crippen LogP contribution in [-0.2, 0) is 26.6 Å². The molecule has 0 amide bonds. The number of rotatable bonds is 18. The zero-order valence-electron chi connectivity index (χ0n) is 27.6. The fourth-order valence-corrected chi connectivity index (χ4v) is 17.3. The molecule has 37 heavy (non-hydrogen) atoms. The predicted molar refractivity (Wildman–Crippen MR) is 175 cm³/mol. The van der Waals surface area contributed by atoms with Crippen LogP contribution in [0.5, 0.6) is 0 Å². The van der Waals surface area contributed by atoms with E-state index in [1.807, 2.05) is 0 Å². The highest BCUT2D eigenvalue weighted by Crippen LogP contribution is 2.17. The molecule has 0 N–H and O–H groups in total. The monoisotopic (exact) mass is 600 g/mol. The molecule has 0 aromatic heterocycles. The van der Waals surface area contributed by atoms with Gasteiger partial charge in [0.25, 0.3) is 9.28 Å². The van der Waals surface area contributed by atoms with Crippen molar-refractivity contribution in [3.63, 3.8) is 0 Å². The third kappa shape index (κ3) is 53.4. The average molecular weight is 601 g/mol. The number of hydrogen-bond donors (Lipinski definition) is 0. The van der Waals surface area contributed by atoms with Gasteiger partial charge in [0.05, 0.1) is 19.8 Å². The molecule has 0 spiro atoms. The lowest BCUT2D eigenvalue weighted by Gasteiger charge is -2.34. The summed E-state index contributed by atoms with van der Waals surface area (Å²) in [5.74, 6) is 0. The van der Waals surface area contributed by atoms with Crippen LogP contribution < -0.4 is 0 Å². The van der Waals surface area contributed by atoms with Gasteiger partial charge in [-0.3, -0.25) is 0 Å². The molecule has 0 radical (unpaired) electrons. The molecule has 1 unspecified atom stereocenters. The van der Waals surface area contributed by atoms with Crippen LogP contribution in [0.15, 0.2) is 12.7 Å². The summed E-state index contributed by atoms with van der Waals surface area (Å²) in [6.45, 7) is 32.6. The molecule has 0 heterocycles. The van der Waals surface area contributed by atoms with Gasteiger partial charge in [-0.05, 0) is 65.3 Å². The van der Waals surface area contributed by atoms with Crippen molar-refractivity contribution in [1.29, 1.82) is 0 Å². The summed E-state index contributed by atoms with van der Waals surface area (Å²) in [4.78, 5) is 0. The van der Waals surface area contributed by atoms with Gasteiger partial charge < -0.3 is 26.6 Å². The molecule has 0 rings (SSSR count). The topological polar surface area (TPSA) is 55.4 Å². The molecule has 0 aliphatic rings. The maximum atomic E-state index is 6.14. The van der Waals surface area contributed by atoms with Crippen molar-refractivity contribution in [2.75, 3.05) is 40.6 Å². The summed E-state index contributed by atoms with van der Waals surface area (Å²) >= 11 is 0. The highest BCUT2D eigenvalue weighted by atomic mass is 28.5. The summed E-state index contributed by atoms with van der Waals surface area (Å²) in [6, 6.07) is 0. The van der Waals surface area contributed by atoms with Gasteiger partial charge >= 0.3 is 8.56 Å². The van der Waals surface area contributed by atoms with Gasteiger partial charge in [0.2, 0.25) is 0 Å². The van der Waals surface area contributed by atoms with Crippen molar-refractivity contribution in [1.82, 2.24) is 0 Å². The van der Waals surface area contributed by atoms with E-state index in [9.17, 15) is 0 Å². The first-order valence-electron chi connectivity index (χ1n) is 14.3. The first-order valence-corrected chi connectivity index (χ1v) is 26.0. The molecule has 228 valence electrons. The molecule has 1 atom stereocenters. The van der Waals surface area contributed by atoms with E-state index in [-0.39, 0.29) is 0 Å².